The van der Waals surface area contributed by atoms with Crippen molar-refractivity contribution in [3.05, 3.63) is 22.4 Å². The fourth-order valence-corrected chi connectivity index (χ4v) is 2.18. The fourth-order valence-electron chi connectivity index (χ4n) is 1.47. The van der Waals surface area contributed by atoms with Gasteiger partial charge in [-0.3, -0.25) is 0 Å². The third-order valence-electron chi connectivity index (χ3n) is 2.16. The van der Waals surface area contributed by atoms with Gasteiger partial charge >= 0.3 is 0 Å². The number of thiophene rings is 1. The molecule has 1 nitrogen and oxygen atoms in total. The quantitative estimate of drug-likeness (QED) is 0.735. The first kappa shape index (κ1) is 10.7. The topological polar surface area (TPSA) is 12.0 Å². The minimum Gasteiger partial charge on any atom is -0.310 e. The highest BCUT2D eigenvalue weighted by Gasteiger charge is 2.08. The Labute approximate surface area is 85.2 Å². The van der Waals surface area contributed by atoms with E-state index < -0.39 is 0 Å². The van der Waals surface area contributed by atoms with Gasteiger partial charge in [0.1, 0.15) is 0 Å². The van der Waals surface area contributed by atoms with E-state index in [2.05, 4.69) is 36.0 Å². The molecule has 0 bridgehead atoms. The van der Waals surface area contributed by atoms with Crippen LogP contribution in [0.1, 0.15) is 44.7 Å². The molecule has 0 spiro atoms. The number of rotatable bonds is 6. The highest BCUT2D eigenvalue weighted by molar-refractivity contribution is 7.07. The summed E-state index contributed by atoms with van der Waals surface area (Å²) >= 11 is 1.79. The lowest BCUT2D eigenvalue weighted by Gasteiger charge is -2.16. The lowest BCUT2D eigenvalue weighted by Crippen LogP contribution is -2.21. The maximum atomic E-state index is 3.58. The largest absolute Gasteiger partial charge is 0.310 e. The van der Waals surface area contributed by atoms with E-state index in [4.69, 9.17) is 0 Å². The van der Waals surface area contributed by atoms with Crippen LogP contribution in [0.4, 0.5) is 0 Å². The van der Waals surface area contributed by atoms with Gasteiger partial charge in [-0.05, 0) is 41.8 Å². The van der Waals surface area contributed by atoms with Crippen molar-refractivity contribution in [1.82, 2.24) is 5.32 Å². The molecule has 2 heteroatoms. The van der Waals surface area contributed by atoms with Gasteiger partial charge in [-0.25, -0.2) is 0 Å². The molecule has 1 N–H and O–H groups in total. The van der Waals surface area contributed by atoms with Crippen molar-refractivity contribution in [2.24, 2.45) is 0 Å². The Bertz CT molecular complexity index is 206. The summed E-state index contributed by atoms with van der Waals surface area (Å²) in [6, 6.07) is 2.81. The fraction of sp³-hybridized carbons (Fsp3) is 0.636. The van der Waals surface area contributed by atoms with E-state index in [1.165, 1.54) is 24.8 Å². The minimum atomic E-state index is 0.580. The molecule has 74 valence electrons. The van der Waals surface area contributed by atoms with Crippen molar-refractivity contribution in [2.75, 3.05) is 6.54 Å². The molecule has 1 atom stereocenters. The van der Waals surface area contributed by atoms with Crippen LogP contribution in [-0.2, 0) is 0 Å². The van der Waals surface area contributed by atoms with Gasteiger partial charge in [-0.1, -0.05) is 20.3 Å². The molecule has 0 radical (unpaired) electrons. The van der Waals surface area contributed by atoms with Crippen LogP contribution in [0.2, 0.25) is 0 Å². The third kappa shape index (κ3) is 3.49. The van der Waals surface area contributed by atoms with Crippen LogP contribution in [0.15, 0.2) is 16.8 Å². The first-order chi connectivity index (χ1) is 6.38. The van der Waals surface area contributed by atoms with E-state index in [0.717, 1.165) is 6.54 Å². The summed E-state index contributed by atoms with van der Waals surface area (Å²) in [6.07, 6.45) is 3.71. The van der Waals surface area contributed by atoms with Crippen molar-refractivity contribution in [3.8, 4) is 0 Å². The second-order valence-corrected chi connectivity index (χ2v) is 4.13. The molecule has 0 aliphatic heterocycles. The second-order valence-electron chi connectivity index (χ2n) is 3.35. The zero-order valence-electron chi connectivity index (χ0n) is 8.55. The normalized spacial score (nSPS) is 13.1. The van der Waals surface area contributed by atoms with E-state index in [1.54, 1.807) is 11.3 Å². The molecule has 0 fully saturated rings. The molecule has 0 aliphatic rings. The molecule has 0 saturated carbocycles. The predicted octanol–water partition coefficient (Wildman–Crippen LogP) is 3.59. The molecule has 0 amide bonds. The van der Waals surface area contributed by atoms with Gasteiger partial charge in [0.25, 0.3) is 0 Å². The smallest absolute Gasteiger partial charge is 0.0328 e. The van der Waals surface area contributed by atoms with E-state index in [9.17, 15) is 0 Å². The van der Waals surface area contributed by atoms with Crippen molar-refractivity contribution < 1.29 is 0 Å². The predicted molar refractivity (Wildman–Crippen MR) is 60.3 cm³/mol. The van der Waals surface area contributed by atoms with Gasteiger partial charge in [-0.15, -0.1) is 0 Å². The average molecular weight is 197 g/mol. The van der Waals surface area contributed by atoms with Crippen LogP contribution < -0.4 is 5.32 Å². The van der Waals surface area contributed by atoms with Crippen molar-refractivity contribution >= 4 is 11.3 Å². The number of hydrogen-bond donors (Lipinski definition) is 1. The van der Waals surface area contributed by atoms with Crippen LogP contribution in [0.5, 0.6) is 0 Å². The number of nitrogens with one attached hydrogen (secondary N) is 1. The Morgan fingerprint density at radius 1 is 1.38 bits per heavy atom. The van der Waals surface area contributed by atoms with E-state index in [-0.39, 0.29) is 0 Å². The number of hydrogen-bond acceptors (Lipinski definition) is 2. The molecule has 13 heavy (non-hydrogen) atoms. The first-order valence-electron chi connectivity index (χ1n) is 5.14. The highest BCUT2D eigenvalue weighted by Crippen LogP contribution is 2.20. The molecule has 1 aromatic heterocycles. The molecule has 0 saturated heterocycles. The second kappa shape index (κ2) is 6.17. The molecule has 1 heterocycles. The SMILES string of the molecule is CCCNC(CCC)c1ccsc1. The van der Waals surface area contributed by atoms with Crippen LogP contribution in [0.25, 0.3) is 0 Å². The highest BCUT2D eigenvalue weighted by atomic mass is 32.1. The van der Waals surface area contributed by atoms with Crippen LogP contribution in [0, 0.1) is 0 Å². The molecular formula is C11H19NS. The summed E-state index contributed by atoms with van der Waals surface area (Å²) in [5.41, 5.74) is 1.46. The van der Waals surface area contributed by atoms with E-state index in [1.807, 2.05) is 0 Å². The van der Waals surface area contributed by atoms with Gasteiger partial charge in [-0.2, -0.15) is 11.3 Å². The standard InChI is InChI=1S/C11H19NS/c1-3-5-11(12-7-4-2)10-6-8-13-9-10/h6,8-9,11-12H,3-5,7H2,1-2H3. The van der Waals surface area contributed by atoms with Crippen molar-refractivity contribution in [1.29, 1.82) is 0 Å². The molecule has 1 unspecified atom stereocenters. The Morgan fingerprint density at radius 2 is 2.23 bits per heavy atom. The van der Waals surface area contributed by atoms with Gasteiger partial charge in [0.15, 0.2) is 0 Å². The Hall–Kier alpha value is -0.340. The van der Waals surface area contributed by atoms with Crippen molar-refractivity contribution in [2.45, 2.75) is 39.2 Å². The molecule has 0 aliphatic carbocycles. The third-order valence-corrected chi connectivity index (χ3v) is 2.87. The summed E-state index contributed by atoms with van der Waals surface area (Å²) in [6.45, 7) is 5.58. The van der Waals surface area contributed by atoms with Crippen LogP contribution in [-0.4, -0.2) is 6.54 Å². The summed E-state index contributed by atoms with van der Waals surface area (Å²) in [7, 11) is 0. The molecule has 0 aromatic carbocycles. The lowest BCUT2D eigenvalue weighted by molar-refractivity contribution is 0.495. The average Bonchev–Trinajstić information content (AvgIpc) is 2.65. The van der Waals surface area contributed by atoms with E-state index >= 15 is 0 Å². The Balaban J connectivity index is 2.47. The Kier molecular flexibility index (Phi) is 5.09. The van der Waals surface area contributed by atoms with Crippen molar-refractivity contribution in [3.63, 3.8) is 0 Å². The molecular weight excluding hydrogens is 178 g/mol. The molecule has 1 rings (SSSR count). The van der Waals surface area contributed by atoms with Gasteiger partial charge in [0.05, 0.1) is 0 Å². The monoisotopic (exact) mass is 197 g/mol. The maximum Gasteiger partial charge on any atom is 0.0328 e. The first-order valence-corrected chi connectivity index (χ1v) is 6.08. The van der Waals surface area contributed by atoms with Gasteiger partial charge in [0, 0.05) is 6.04 Å². The zero-order valence-corrected chi connectivity index (χ0v) is 9.36. The van der Waals surface area contributed by atoms with Crippen LogP contribution >= 0.6 is 11.3 Å². The maximum absolute atomic E-state index is 3.58. The van der Waals surface area contributed by atoms with Crippen LogP contribution in [0.3, 0.4) is 0 Å². The summed E-state index contributed by atoms with van der Waals surface area (Å²) in [4.78, 5) is 0. The van der Waals surface area contributed by atoms with E-state index in [0.29, 0.717) is 6.04 Å². The Morgan fingerprint density at radius 3 is 2.77 bits per heavy atom. The lowest BCUT2D eigenvalue weighted by atomic mass is 10.1. The summed E-state index contributed by atoms with van der Waals surface area (Å²) in [5, 5.41) is 7.99. The minimum absolute atomic E-state index is 0.580. The summed E-state index contributed by atoms with van der Waals surface area (Å²) < 4.78 is 0. The van der Waals surface area contributed by atoms with Gasteiger partial charge in [0.2, 0.25) is 0 Å². The molecule has 1 aromatic rings. The van der Waals surface area contributed by atoms with Gasteiger partial charge < -0.3 is 5.32 Å². The zero-order chi connectivity index (χ0) is 9.52. The summed E-state index contributed by atoms with van der Waals surface area (Å²) in [5.74, 6) is 0.